The molecule has 1 heteroatoms. The van der Waals surface area contributed by atoms with Crippen molar-refractivity contribution >= 4 is 71.9 Å². The molecule has 16 aromatic rings. The molecule has 16 aromatic carbocycles. The van der Waals surface area contributed by atoms with Crippen LogP contribution in [0.1, 0.15) is 90.4 Å². The molecule has 0 N–H and O–H groups in total. The molecule has 0 fully saturated rings. The fourth-order valence-corrected chi connectivity index (χ4v) is 20.5. The molecule has 0 saturated carbocycles. The molecule has 4 unspecified atom stereocenters. The van der Waals surface area contributed by atoms with Crippen LogP contribution in [-0.2, 0) is 0 Å². The van der Waals surface area contributed by atoms with Gasteiger partial charge in [-0.05, 0) is 131 Å². The molecular formula is C92H68Si. The van der Waals surface area contributed by atoms with Gasteiger partial charge in [-0.15, -0.1) is 0 Å². The summed E-state index contributed by atoms with van der Waals surface area (Å²) in [7, 11) is -3.63. The van der Waals surface area contributed by atoms with E-state index in [4.69, 9.17) is 0 Å². The van der Waals surface area contributed by atoms with E-state index in [1.54, 1.807) is 0 Å². The minimum atomic E-state index is -3.63. The summed E-state index contributed by atoms with van der Waals surface area (Å²) >= 11 is 0. The average Bonchev–Trinajstić information content (AvgIpc) is 0.721. The van der Waals surface area contributed by atoms with Crippen LogP contribution in [0.25, 0.3) is 43.1 Å². The molecule has 0 aliphatic heterocycles. The molecule has 16 rings (SSSR count). The largest absolute Gasteiger partial charge is 0.179 e. The predicted molar refractivity (Wildman–Crippen MR) is 395 cm³/mol. The van der Waals surface area contributed by atoms with E-state index < -0.39 is 8.07 Å². The summed E-state index contributed by atoms with van der Waals surface area (Å²) < 4.78 is 0. The zero-order chi connectivity index (χ0) is 61.9. The fraction of sp³-hybridized carbons (Fsp3) is 0.0435. The Kier molecular flexibility index (Phi) is 15.4. The van der Waals surface area contributed by atoms with Crippen LogP contribution < -0.4 is 20.7 Å². The summed E-state index contributed by atoms with van der Waals surface area (Å²) in [6, 6.07) is 148. The third-order valence-electron chi connectivity index (χ3n) is 19.6. The number of rotatable bonds is 16. The first-order valence-electron chi connectivity index (χ1n) is 32.7. The van der Waals surface area contributed by atoms with E-state index in [1.165, 1.54) is 131 Å². The Morgan fingerprint density at radius 1 is 0.151 bits per heavy atom. The molecule has 0 heterocycles. The van der Waals surface area contributed by atoms with Crippen molar-refractivity contribution < 1.29 is 0 Å². The zero-order valence-corrected chi connectivity index (χ0v) is 52.8. The van der Waals surface area contributed by atoms with Crippen molar-refractivity contribution in [3.8, 4) is 0 Å². The van der Waals surface area contributed by atoms with E-state index in [1.807, 2.05) is 0 Å². The molecule has 0 aromatic heterocycles. The Morgan fingerprint density at radius 3 is 0.602 bits per heavy atom. The van der Waals surface area contributed by atoms with Crippen LogP contribution >= 0.6 is 0 Å². The van der Waals surface area contributed by atoms with Crippen LogP contribution in [0.2, 0.25) is 0 Å². The minimum Gasteiger partial charge on any atom is -0.0623 e. The van der Waals surface area contributed by atoms with Crippen molar-refractivity contribution in [2.75, 3.05) is 0 Å². The maximum Gasteiger partial charge on any atom is 0.179 e. The molecule has 0 saturated heterocycles. The van der Waals surface area contributed by atoms with Gasteiger partial charge < -0.3 is 0 Å². The van der Waals surface area contributed by atoms with Crippen molar-refractivity contribution in [3.63, 3.8) is 0 Å². The molecule has 0 aliphatic carbocycles. The van der Waals surface area contributed by atoms with E-state index in [9.17, 15) is 0 Å². The van der Waals surface area contributed by atoms with Gasteiger partial charge in [0, 0.05) is 23.7 Å². The highest BCUT2D eigenvalue weighted by atomic mass is 28.3. The van der Waals surface area contributed by atoms with Gasteiger partial charge in [0.05, 0.1) is 0 Å². The van der Waals surface area contributed by atoms with E-state index >= 15 is 0 Å². The number of hydrogen-bond acceptors (Lipinski definition) is 0. The Morgan fingerprint density at radius 2 is 0.355 bits per heavy atom. The topological polar surface area (TPSA) is 0 Å². The molecular weight excluding hydrogens is 1130 g/mol. The third-order valence-corrected chi connectivity index (χ3v) is 24.3. The van der Waals surface area contributed by atoms with Gasteiger partial charge in [0.2, 0.25) is 0 Å². The number of hydrogen-bond donors (Lipinski definition) is 0. The first-order chi connectivity index (χ1) is 46.2. The lowest BCUT2D eigenvalue weighted by Crippen LogP contribution is -2.75. The van der Waals surface area contributed by atoms with Crippen LogP contribution in [0.5, 0.6) is 0 Å². The van der Waals surface area contributed by atoms with E-state index in [0.29, 0.717) is 0 Å². The SMILES string of the molecule is c1ccc(C(c2cc(C(c3ccccc3)c3cccc4ccccc34)cc([Si](c3ccccc3)(c3ccccc3)c3cc(C(c4ccccc4)c4cccc5ccccc45)cc(C(c4ccccc4)c4cccc5ccccc45)c3)c2)c2cccc3ccccc23)cc1. The van der Waals surface area contributed by atoms with Gasteiger partial charge in [-0.3, -0.25) is 0 Å². The van der Waals surface area contributed by atoms with E-state index in [-0.39, 0.29) is 23.7 Å². The Hall–Kier alpha value is -11.2. The lowest BCUT2D eigenvalue weighted by molar-refractivity contribution is 0.951. The minimum absolute atomic E-state index is 0.150. The van der Waals surface area contributed by atoms with Gasteiger partial charge in [0.1, 0.15) is 0 Å². The standard InChI is InChI=1S/C92H68Si/c1-7-35-69(36-8-1)89(85-55-27-43-65-31-19-23-51-81(65)85)73-59-74(90(70-37-9-2-10-38-70)86-56-28-44-66-32-20-24-52-82(66)86)62-79(61-73)93(77-47-15-5-16-48-77,78-49-17-6-18-50-78)80-63-75(91(71-39-11-3-12-40-71)87-57-29-45-67-33-21-25-53-83(67)87)60-76(64-80)92(72-41-13-4-14-42-72)88-58-30-46-68-34-22-26-54-84(68)88/h1-64,89-92H. The molecule has 440 valence electrons. The smallest absolute Gasteiger partial charge is 0.0623 e. The predicted octanol–water partition coefficient (Wildman–Crippen LogP) is 20.4. The van der Waals surface area contributed by atoms with Gasteiger partial charge >= 0.3 is 0 Å². The highest BCUT2D eigenvalue weighted by molar-refractivity contribution is 7.20. The summed E-state index contributed by atoms with van der Waals surface area (Å²) in [6.45, 7) is 0. The molecule has 0 spiro atoms. The Bertz CT molecular complexity index is 4640. The summed E-state index contributed by atoms with van der Waals surface area (Å²) in [6.07, 6.45) is 0. The van der Waals surface area contributed by atoms with Crippen molar-refractivity contribution in [1.82, 2.24) is 0 Å². The van der Waals surface area contributed by atoms with Crippen LogP contribution in [0, 0.1) is 0 Å². The highest BCUT2D eigenvalue weighted by Gasteiger charge is 2.44. The van der Waals surface area contributed by atoms with Crippen LogP contribution in [-0.4, -0.2) is 8.07 Å². The first kappa shape index (κ1) is 57.0. The van der Waals surface area contributed by atoms with Crippen LogP contribution in [0.15, 0.2) is 388 Å². The van der Waals surface area contributed by atoms with Crippen molar-refractivity contribution in [1.29, 1.82) is 0 Å². The third kappa shape index (κ3) is 10.7. The highest BCUT2D eigenvalue weighted by Crippen LogP contribution is 2.44. The molecule has 0 bridgehead atoms. The van der Waals surface area contributed by atoms with Gasteiger partial charge in [-0.2, -0.15) is 0 Å². The summed E-state index contributed by atoms with van der Waals surface area (Å²) in [5.41, 5.74) is 15.1. The summed E-state index contributed by atoms with van der Waals surface area (Å²) in [5, 5.41) is 15.2. The Balaban J connectivity index is 1.09. The molecule has 0 aliphatic rings. The van der Waals surface area contributed by atoms with Crippen molar-refractivity contribution in [2.45, 2.75) is 23.7 Å². The van der Waals surface area contributed by atoms with E-state index in [2.05, 4.69) is 388 Å². The second kappa shape index (κ2) is 25.2. The van der Waals surface area contributed by atoms with Crippen molar-refractivity contribution in [2.24, 2.45) is 0 Å². The van der Waals surface area contributed by atoms with Gasteiger partial charge in [-0.1, -0.05) is 388 Å². The fourth-order valence-electron chi connectivity index (χ4n) is 15.6. The molecule has 0 nitrogen and oxygen atoms in total. The van der Waals surface area contributed by atoms with Crippen LogP contribution in [0.3, 0.4) is 0 Å². The molecule has 93 heavy (non-hydrogen) atoms. The molecule has 0 amide bonds. The van der Waals surface area contributed by atoms with Gasteiger partial charge in [0.15, 0.2) is 8.07 Å². The number of benzene rings is 16. The van der Waals surface area contributed by atoms with Crippen molar-refractivity contribution in [3.05, 3.63) is 455 Å². The maximum atomic E-state index is 2.67. The van der Waals surface area contributed by atoms with Crippen LogP contribution in [0.4, 0.5) is 0 Å². The zero-order valence-electron chi connectivity index (χ0n) is 51.8. The summed E-state index contributed by atoms with van der Waals surface area (Å²) in [5.74, 6) is -0.601. The second-order valence-electron chi connectivity index (χ2n) is 24.9. The number of fused-ring (bicyclic) bond motifs is 4. The summed E-state index contributed by atoms with van der Waals surface area (Å²) in [4.78, 5) is 0. The molecule has 0 radical (unpaired) electrons. The van der Waals surface area contributed by atoms with Gasteiger partial charge in [-0.25, -0.2) is 0 Å². The molecule has 4 atom stereocenters. The lowest BCUT2D eigenvalue weighted by atomic mass is 9.78. The monoisotopic (exact) mass is 1200 g/mol. The van der Waals surface area contributed by atoms with Gasteiger partial charge in [0.25, 0.3) is 0 Å². The Labute approximate surface area is 547 Å². The second-order valence-corrected chi connectivity index (χ2v) is 28.7. The quantitative estimate of drug-likeness (QED) is 0.0668. The van der Waals surface area contributed by atoms with E-state index in [0.717, 1.165) is 0 Å². The first-order valence-corrected chi connectivity index (χ1v) is 34.7. The normalized spacial score (nSPS) is 13.0. The maximum absolute atomic E-state index is 3.63. The lowest BCUT2D eigenvalue weighted by Gasteiger charge is -2.38. The average molecular weight is 1200 g/mol.